The molecule has 3 heterocycles. The van der Waals surface area contributed by atoms with Crippen LogP contribution < -0.4 is 5.32 Å². The van der Waals surface area contributed by atoms with Gasteiger partial charge in [-0.25, -0.2) is 10.1 Å². The molecule has 0 radical (unpaired) electrons. The SMILES string of the molecule is O=C(Nc1ncn[nH]1)c1csc(CN2CCOCC2)n1. The lowest BCUT2D eigenvalue weighted by Crippen LogP contribution is -2.35. The van der Waals surface area contributed by atoms with E-state index in [2.05, 4.69) is 30.4 Å². The van der Waals surface area contributed by atoms with Crippen LogP contribution in [0, 0.1) is 0 Å². The second kappa shape index (κ2) is 6.07. The number of nitrogens with one attached hydrogen (secondary N) is 2. The van der Waals surface area contributed by atoms with Gasteiger partial charge in [0.1, 0.15) is 17.0 Å². The van der Waals surface area contributed by atoms with Crippen LogP contribution in [0.4, 0.5) is 5.95 Å². The van der Waals surface area contributed by atoms with Crippen LogP contribution in [0.15, 0.2) is 11.7 Å². The van der Waals surface area contributed by atoms with Crippen LogP contribution >= 0.6 is 11.3 Å². The maximum absolute atomic E-state index is 11.9. The molecule has 1 amide bonds. The lowest BCUT2D eigenvalue weighted by Gasteiger charge is -2.25. The van der Waals surface area contributed by atoms with Crippen molar-refractivity contribution in [3.63, 3.8) is 0 Å². The summed E-state index contributed by atoms with van der Waals surface area (Å²) in [5, 5.41) is 11.5. The minimum atomic E-state index is -0.286. The monoisotopic (exact) mass is 294 g/mol. The van der Waals surface area contributed by atoms with Crippen LogP contribution in [0.2, 0.25) is 0 Å². The van der Waals surface area contributed by atoms with E-state index < -0.39 is 0 Å². The van der Waals surface area contributed by atoms with Crippen molar-refractivity contribution in [2.75, 3.05) is 31.6 Å². The number of morpholine rings is 1. The second-order valence-electron chi connectivity index (χ2n) is 4.30. The predicted molar refractivity (Wildman–Crippen MR) is 72.5 cm³/mol. The van der Waals surface area contributed by atoms with E-state index in [0.29, 0.717) is 11.6 Å². The molecule has 0 saturated carbocycles. The molecule has 0 bridgehead atoms. The summed E-state index contributed by atoms with van der Waals surface area (Å²) in [5.74, 6) is 0.0314. The third kappa shape index (κ3) is 3.18. The number of aromatic nitrogens is 4. The molecular formula is C11H14N6O2S. The number of thiazole rings is 1. The largest absolute Gasteiger partial charge is 0.379 e. The molecular weight excluding hydrogens is 280 g/mol. The van der Waals surface area contributed by atoms with Gasteiger partial charge in [-0.15, -0.1) is 11.3 Å². The zero-order chi connectivity index (χ0) is 13.8. The Morgan fingerprint density at radius 1 is 1.50 bits per heavy atom. The summed E-state index contributed by atoms with van der Waals surface area (Å²) in [7, 11) is 0. The van der Waals surface area contributed by atoms with Crippen LogP contribution in [-0.4, -0.2) is 57.3 Å². The van der Waals surface area contributed by atoms with Crippen LogP contribution in [0.25, 0.3) is 0 Å². The van der Waals surface area contributed by atoms with Crippen molar-refractivity contribution < 1.29 is 9.53 Å². The number of amides is 1. The summed E-state index contributed by atoms with van der Waals surface area (Å²) in [6.07, 6.45) is 1.33. The fourth-order valence-electron chi connectivity index (χ4n) is 1.88. The molecule has 2 N–H and O–H groups in total. The molecule has 2 aromatic rings. The van der Waals surface area contributed by atoms with Crippen molar-refractivity contribution in [3.8, 4) is 0 Å². The Balaban J connectivity index is 1.59. The fourth-order valence-corrected chi connectivity index (χ4v) is 2.69. The Morgan fingerprint density at radius 2 is 2.35 bits per heavy atom. The average molecular weight is 294 g/mol. The standard InChI is InChI=1S/C11H14N6O2S/c18-10(15-11-12-7-13-16-11)8-6-20-9(14-8)5-17-1-3-19-4-2-17/h6-7H,1-5H2,(H2,12,13,15,16,18). The molecule has 0 unspecified atom stereocenters. The molecule has 0 atom stereocenters. The molecule has 20 heavy (non-hydrogen) atoms. The molecule has 106 valence electrons. The first-order chi connectivity index (χ1) is 9.81. The Bertz CT molecular complexity index is 563. The third-order valence-corrected chi connectivity index (χ3v) is 3.73. The Hall–Kier alpha value is -1.84. The zero-order valence-corrected chi connectivity index (χ0v) is 11.5. The molecule has 1 saturated heterocycles. The van der Waals surface area contributed by atoms with Crippen LogP contribution in [0.1, 0.15) is 15.5 Å². The minimum Gasteiger partial charge on any atom is -0.379 e. The molecule has 3 rings (SSSR count). The van der Waals surface area contributed by atoms with Gasteiger partial charge in [-0.3, -0.25) is 15.0 Å². The van der Waals surface area contributed by atoms with Gasteiger partial charge in [0.05, 0.1) is 19.8 Å². The highest BCUT2D eigenvalue weighted by Gasteiger charge is 2.15. The normalized spacial score (nSPS) is 16.2. The van der Waals surface area contributed by atoms with Crippen molar-refractivity contribution in [2.45, 2.75) is 6.54 Å². The van der Waals surface area contributed by atoms with Crippen LogP contribution in [0.3, 0.4) is 0 Å². The summed E-state index contributed by atoms with van der Waals surface area (Å²) in [6.45, 7) is 4.07. The maximum Gasteiger partial charge on any atom is 0.277 e. The molecule has 1 aliphatic rings. The molecule has 2 aromatic heterocycles. The summed E-state index contributed by atoms with van der Waals surface area (Å²) in [5.41, 5.74) is 0.398. The number of hydrogen-bond donors (Lipinski definition) is 2. The van der Waals surface area contributed by atoms with Gasteiger partial charge in [0, 0.05) is 18.5 Å². The highest BCUT2D eigenvalue weighted by molar-refractivity contribution is 7.09. The van der Waals surface area contributed by atoms with Gasteiger partial charge in [-0.1, -0.05) is 0 Å². The van der Waals surface area contributed by atoms with Crippen LogP contribution in [-0.2, 0) is 11.3 Å². The summed E-state index contributed by atoms with van der Waals surface area (Å²) in [6, 6.07) is 0. The number of ether oxygens (including phenoxy) is 1. The second-order valence-corrected chi connectivity index (χ2v) is 5.25. The number of carbonyl (C=O) groups is 1. The van der Waals surface area contributed by atoms with Crippen molar-refractivity contribution in [1.82, 2.24) is 25.1 Å². The van der Waals surface area contributed by atoms with E-state index in [1.807, 2.05) is 0 Å². The topological polar surface area (TPSA) is 96.0 Å². The molecule has 0 aromatic carbocycles. The van der Waals surface area contributed by atoms with Gasteiger partial charge in [0.2, 0.25) is 5.95 Å². The minimum absolute atomic E-state index is 0.286. The van der Waals surface area contributed by atoms with Crippen LogP contribution in [0.5, 0.6) is 0 Å². The van der Waals surface area contributed by atoms with E-state index in [0.717, 1.165) is 37.9 Å². The van der Waals surface area contributed by atoms with E-state index in [1.54, 1.807) is 5.38 Å². The van der Waals surface area contributed by atoms with Crippen molar-refractivity contribution in [3.05, 3.63) is 22.4 Å². The third-order valence-electron chi connectivity index (χ3n) is 2.89. The van der Waals surface area contributed by atoms with E-state index in [1.165, 1.54) is 17.7 Å². The number of hydrogen-bond acceptors (Lipinski definition) is 7. The Morgan fingerprint density at radius 3 is 3.10 bits per heavy atom. The molecule has 0 aliphatic carbocycles. The van der Waals surface area contributed by atoms with E-state index >= 15 is 0 Å². The maximum atomic E-state index is 11.9. The summed E-state index contributed by atoms with van der Waals surface area (Å²) in [4.78, 5) is 22.4. The average Bonchev–Trinajstić information content (AvgIpc) is 3.11. The number of nitrogens with zero attached hydrogens (tertiary/aromatic N) is 4. The van der Waals surface area contributed by atoms with Gasteiger partial charge in [0.15, 0.2) is 0 Å². The van der Waals surface area contributed by atoms with E-state index in [-0.39, 0.29) is 5.91 Å². The predicted octanol–water partition coefficient (Wildman–Crippen LogP) is 0.346. The van der Waals surface area contributed by atoms with Gasteiger partial charge >= 0.3 is 0 Å². The Labute approximate surface area is 119 Å². The first-order valence-electron chi connectivity index (χ1n) is 6.22. The van der Waals surface area contributed by atoms with E-state index in [9.17, 15) is 4.79 Å². The van der Waals surface area contributed by atoms with Crippen molar-refractivity contribution in [1.29, 1.82) is 0 Å². The smallest absolute Gasteiger partial charge is 0.277 e. The number of H-pyrrole nitrogens is 1. The lowest BCUT2D eigenvalue weighted by atomic mass is 10.4. The summed E-state index contributed by atoms with van der Waals surface area (Å²) >= 11 is 1.48. The quantitative estimate of drug-likeness (QED) is 0.844. The van der Waals surface area contributed by atoms with E-state index in [4.69, 9.17) is 4.74 Å². The fraction of sp³-hybridized carbons (Fsp3) is 0.455. The van der Waals surface area contributed by atoms with Crippen molar-refractivity contribution >= 4 is 23.2 Å². The molecule has 0 spiro atoms. The Kier molecular flexibility index (Phi) is 4.00. The number of rotatable bonds is 4. The van der Waals surface area contributed by atoms with Gasteiger partial charge < -0.3 is 4.74 Å². The zero-order valence-electron chi connectivity index (χ0n) is 10.7. The highest BCUT2D eigenvalue weighted by atomic mass is 32.1. The summed E-state index contributed by atoms with van der Waals surface area (Å²) < 4.78 is 5.30. The van der Waals surface area contributed by atoms with Gasteiger partial charge in [-0.05, 0) is 0 Å². The van der Waals surface area contributed by atoms with Gasteiger partial charge in [-0.2, -0.15) is 10.1 Å². The first-order valence-corrected chi connectivity index (χ1v) is 7.10. The van der Waals surface area contributed by atoms with Crippen molar-refractivity contribution in [2.24, 2.45) is 0 Å². The molecule has 9 heteroatoms. The highest BCUT2D eigenvalue weighted by Crippen LogP contribution is 2.14. The number of anilines is 1. The molecule has 1 aliphatic heterocycles. The first kappa shape index (κ1) is 13.2. The molecule has 8 nitrogen and oxygen atoms in total. The number of aromatic amines is 1. The van der Waals surface area contributed by atoms with Gasteiger partial charge in [0.25, 0.3) is 5.91 Å². The lowest BCUT2D eigenvalue weighted by molar-refractivity contribution is 0.0341. The molecule has 1 fully saturated rings. The number of carbonyl (C=O) groups excluding carboxylic acids is 1.